The van der Waals surface area contributed by atoms with Gasteiger partial charge in [0.1, 0.15) is 0 Å². The smallest absolute Gasteiger partial charge is 0.321 e. The lowest BCUT2D eigenvalue weighted by molar-refractivity contribution is 0.189. The van der Waals surface area contributed by atoms with Gasteiger partial charge in [-0.1, -0.05) is 0 Å². The third-order valence-corrected chi connectivity index (χ3v) is 2.61. The van der Waals surface area contributed by atoms with Gasteiger partial charge in [-0.05, 0) is 18.6 Å². The first kappa shape index (κ1) is 10.9. The highest BCUT2D eigenvalue weighted by atomic mass is 16.5. The van der Waals surface area contributed by atoms with Crippen molar-refractivity contribution in [1.82, 2.24) is 10.3 Å². The number of anilines is 1. The lowest BCUT2D eigenvalue weighted by atomic mass is 10.3. The molecule has 0 spiro atoms. The summed E-state index contributed by atoms with van der Waals surface area (Å²) in [7, 11) is 1.74. The first-order valence-electron chi connectivity index (χ1n) is 5.29. The summed E-state index contributed by atoms with van der Waals surface area (Å²) in [5, 5.41) is 2.92. The molecule has 0 aliphatic carbocycles. The molecular weight excluding hydrogens is 206 g/mol. The lowest BCUT2D eigenvalue weighted by Crippen LogP contribution is -2.43. The largest absolute Gasteiger partial charge is 0.379 e. The zero-order valence-corrected chi connectivity index (χ0v) is 9.22. The van der Waals surface area contributed by atoms with Crippen LogP contribution in [0, 0.1) is 0 Å². The van der Waals surface area contributed by atoms with E-state index in [0.717, 1.165) is 18.7 Å². The molecule has 1 aliphatic rings. The number of hydrogen-bond acceptors (Lipinski definition) is 3. The van der Waals surface area contributed by atoms with Gasteiger partial charge >= 0.3 is 6.03 Å². The van der Waals surface area contributed by atoms with Crippen molar-refractivity contribution in [3.8, 4) is 0 Å². The van der Waals surface area contributed by atoms with Gasteiger partial charge in [0, 0.05) is 31.7 Å². The molecule has 1 aliphatic heterocycles. The molecule has 1 N–H and O–H groups in total. The molecule has 5 nitrogen and oxygen atoms in total. The molecule has 1 fully saturated rings. The summed E-state index contributed by atoms with van der Waals surface area (Å²) in [5.41, 5.74) is 0.825. The minimum Gasteiger partial charge on any atom is -0.379 e. The molecular formula is C11H15N3O2. The molecule has 0 radical (unpaired) electrons. The molecule has 1 unspecified atom stereocenters. The molecule has 1 atom stereocenters. The molecule has 1 aromatic rings. The van der Waals surface area contributed by atoms with Gasteiger partial charge in [-0.25, -0.2) is 4.79 Å². The number of carbonyl (C=O) groups is 1. The second-order valence-electron chi connectivity index (χ2n) is 3.77. The zero-order valence-electron chi connectivity index (χ0n) is 9.22. The number of nitrogens with one attached hydrogen (secondary N) is 1. The first-order valence-corrected chi connectivity index (χ1v) is 5.29. The number of aromatic nitrogens is 1. The van der Waals surface area contributed by atoms with E-state index in [1.54, 1.807) is 36.5 Å². The number of urea groups is 1. The Balaban J connectivity index is 1.94. The van der Waals surface area contributed by atoms with E-state index in [2.05, 4.69) is 10.3 Å². The second-order valence-corrected chi connectivity index (χ2v) is 3.77. The quantitative estimate of drug-likeness (QED) is 0.811. The Morgan fingerprint density at radius 3 is 2.94 bits per heavy atom. The molecule has 2 amide bonds. The standard InChI is InChI=1S/C11H15N3O2/c1-14(10-2-5-12-6-3-10)11(15)13-9-4-7-16-8-9/h2-3,5-6,9H,4,7-8H2,1H3,(H,13,15). The van der Waals surface area contributed by atoms with Crippen molar-refractivity contribution in [3.05, 3.63) is 24.5 Å². The summed E-state index contributed by atoms with van der Waals surface area (Å²) in [6.45, 7) is 1.33. The van der Waals surface area contributed by atoms with Crippen molar-refractivity contribution in [2.24, 2.45) is 0 Å². The van der Waals surface area contributed by atoms with Gasteiger partial charge in [0.15, 0.2) is 0 Å². The van der Waals surface area contributed by atoms with Crippen LogP contribution in [0.25, 0.3) is 0 Å². The van der Waals surface area contributed by atoms with Crippen molar-refractivity contribution in [2.45, 2.75) is 12.5 Å². The van der Waals surface area contributed by atoms with Crippen LogP contribution in [0.5, 0.6) is 0 Å². The summed E-state index contributed by atoms with van der Waals surface area (Å²) >= 11 is 0. The van der Waals surface area contributed by atoms with E-state index in [1.165, 1.54) is 0 Å². The highest BCUT2D eigenvalue weighted by Gasteiger charge is 2.20. The van der Waals surface area contributed by atoms with Gasteiger partial charge in [0.25, 0.3) is 0 Å². The molecule has 1 aromatic heterocycles. The number of rotatable bonds is 2. The Hall–Kier alpha value is -1.62. The van der Waals surface area contributed by atoms with E-state index in [9.17, 15) is 4.79 Å². The van der Waals surface area contributed by atoms with Crippen LogP contribution < -0.4 is 10.2 Å². The monoisotopic (exact) mass is 221 g/mol. The Bertz CT molecular complexity index is 350. The van der Waals surface area contributed by atoms with Gasteiger partial charge < -0.3 is 10.1 Å². The molecule has 0 bridgehead atoms. The van der Waals surface area contributed by atoms with E-state index in [0.29, 0.717) is 6.61 Å². The third kappa shape index (κ3) is 2.49. The van der Waals surface area contributed by atoms with E-state index < -0.39 is 0 Å². The Morgan fingerprint density at radius 1 is 1.56 bits per heavy atom. The Morgan fingerprint density at radius 2 is 2.31 bits per heavy atom. The number of hydrogen-bond donors (Lipinski definition) is 1. The molecule has 5 heteroatoms. The van der Waals surface area contributed by atoms with Crippen LogP contribution in [0.4, 0.5) is 10.5 Å². The summed E-state index contributed by atoms with van der Waals surface area (Å²) < 4.78 is 5.20. The summed E-state index contributed by atoms with van der Waals surface area (Å²) in [6, 6.07) is 3.62. The maximum atomic E-state index is 11.8. The molecule has 2 rings (SSSR count). The summed E-state index contributed by atoms with van der Waals surface area (Å²) in [4.78, 5) is 17.3. The van der Waals surface area contributed by atoms with Crippen molar-refractivity contribution >= 4 is 11.7 Å². The highest BCUT2D eigenvalue weighted by molar-refractivity contribution is 5.91. The maximum absolute atomic E-state index is 11.8. The van der Waals surface area contributed by atoms with Gasteiger partial charge in [-0.2, -0.15) is 0 Å². The van der Waals surface area contributed by atoms with Gasteiger partial charge in [0.2, 0.25) is 0 Å². The van der Waals surface area contributed by atoms with Crippen molar-refractivity contribution in [3.63, 3.8) is 0 Å². The third-order valence-electron chi connectivity index (χ3n) is 2.61. The van der Waals surface area contributed by atoms with Crippen LogP contribution in [0.15, 0.2) is 24.5 Å². The van der Waals surface area contributed by atoms with Crippen LogP contribution in [0.3, 0.4) is 0 Å². The molecule has 2 heterocycles. The fourth-order valence-corrected chi connectivity index (χ4v) is 1.60. The highest BCUT2D eigenvalue weighted by Crippen LogP contribution is 2.11. The van der Waals surface area contributed by atoms with E-state index in [1.807, 2.05) is 0 Å². The number of pyridine rings is 1. The van der Waals surface area contributed by atoms with Crippen LogP contribution in [0.2, 0.25) is 0 Å². The van der Waals surface area contributed by atoms with E-state index in [4.69, 9.17) is 4.74 Å². The second kappa shape index (κ2) is 4.94. The Labute approximate surface area is 94.4 Å². The SMILES string of the molecule is CN(C(=O)NC1CCOC1)c1ccncc1. The molecule has 0 aromatic carbocycles. The number of ether oxygens (including phenoxy) is 1. The molecule has 0 saturated carbocycles. The van der Waals surface area contributed by atoms with E-state index >= 15 is 0 Å². The number of amides is 2. The van der Waals surface area contributed by atoms with Gasteiger partial charge in [-0.15, -0.1) is 0 Å². The summed E-state index contributed by atoms with van der Waals surface area (Å²) in [6.07, 6.45) is 4.21. The predicted octanol–water partition coefficient (Wildman–Crippen LogP) is 1.02. The molecule has 1 saturated heterocycles. The normalized spacial score (nSPS) is 19.4. The van der Waals surface area contributed by atoms with Gasteiger partial charge in [0.05, 0.1) is 12.6 Å². The molecule has 16 heavy (non-hydrogen) atoms. The van der Waals surface area contributed by atoms with Crippen molar-refractivity contribution in [2.75, 3.05) is 25.2 Å². The average molecular weight is 221 g/mol. The maximum Gasteiger partial charge on any atom is 0.321 e. The lowest BCUT2D eigenvalue weighted by Gasteiger charge is -2.20. The van der Waals surface area contributed by atoms with E-state index in [-0.39, 0.29) is 12.1 Å². The summed E-state index contributed by atoms with van der Waals surface area (Å²) in [5.74, 6) is 0. The number of carbonyl (C=O) groups excluding carboxylic acids is 1. The van der Waals surface area contributed by atoms with Crippen LogP contribution in [-0.4, -0.2) is 37.3 Å². The van der Waals surface area contributed by atoms with Crippen molar-refractivity contribution < 1.29 is 9.53 Å². The van der Waals surface area contributed by atoms with Crippen LogP contribution >= 0.6 is 0 Å². The van der Waals surface area contributed by atoms with Crippen molar-refractivity contribution in [1.29, 1.82) is 0 Å². The minimum absolute atomic E-state index is 0.110. The average Bonchev–Trinajstić information content (AvgIpc) is 2.82. The molecule has 86 valence electrons. The van der Waals surface area contributed by atoms with Crippen LogP contribution in [0.1, 0.15) is 6.42 Å². The fraction of sp³-hybridized carbons (Fsp3) is 0.455. The predicted molar refractivity (Wildman–Crippen MR) is 60.4 cm³/mol. The zero-order chi connectivity index (χ0) is 11.4. The van der Waals surface area contributed by atoms with Crippen LogP contribution in [-0.2, 0) is 4.74 Å². The fourth-order valence-electron chi connectivity index (χ4n) is 1.60. The minimum atomic E-state index is -0.110. The van der Waals surface area contributed by atoms with Gasteiger partial charge in [-0.3, -0.25) is 9.88 Å². The first-order chi connectivity index (χ1) is 7.77. The topological polar surface area (TPSA) is 54.5 Å². The number of nitrogens with zero attached hydrogens (tertiary/aromatic N) is 2. The Kier molecular flexibility index (Phi) is 3.36.